The molecule has 0 saturated carbocycles. The van der Waals surface area contributed by atoms with Gasteiger partial charge in [0.1, 0.15) is 0 Å². The van der Waals surface area contributed by atoms with Gasteiger partial charge in [0.05, 0.1) is 0 Å². The fourth-order valence-corrected chi connectivity index (χ4v) is 2.17. The van der Waals surface area contributed by atoms with E-state index in [2.05, 4.69) is 0 Å². The second-order valence-electron chi connectivity index (χ2n) is 6.06. The van der Waals surface area contributed by atoms with Crippen LogP contribution in [0.25, 0.3) is 11.1 Å². The van der Waals surface area contributed by atoms with E-state index in [1.165, 1.54) is 13.8 Å². The van der Waals surface area contributed by atoms with Crippen LogP contribution in [0.15, 0.2) is 42.5 Å². The smallest absolute Gasteiger partial charge is 0.200 e. The van der Waals surface area contributed by atoms with Crippen molar-refractivity contribution in [2.45, 2.75) is 27.7 Å². The van der Waals surface area contributed by atoms with Gasteiger partial charge in [-0.2, -0.15) is 0 Å². The van der Waals surface area contributed by atoms with Gasteiger partial charge in [-0.05, 0) is 42.3 Å². The second kappa shape index (κ2) is 8.78. The zero-order valence-electron chi connectivity index (χ0n) is 15.0. The molecule has 0 aliphatic rings. The molecular formula is C20H24N2O3. The minimum atomic E-state index is -0.347. The summed E-state index contributed by atoms with van der Waals surface area (Å²) in [5.41, 5.74) is 15.1. The van der Waals surface area contributed by atoms with Crippen molar-refractivity contribution in [2.75, 3.05) is 11.5 Å². The van der Waals surface area contributed by atoms with Gasteiger partial charge < -0.3 is 11.5 Å². The molecule has 0 fully saturated rings. The minimum Gasteiger partial charge on any atom is -0.399 e. The van der Waals surface area contributed by atoms with Gasteiger partial charge in [0.25, 0.3) is 0 Å². The molecule has 2 aromatic rings. The molecule has 0 radical (unpaired) electrons. The van der Waals surface area contributed by atoms with E-state index in [0.717, 1.165) is 11.1 Å². The number of Topliss-reactive ketones (excluding diaryl/α,β-unsaturated/α-hetero) is 3. The summed E-state index contributed by atoms with van der Waals surface area (Å²) in [4.78, 5) is 32.3. The number of hydrogen-bond acceptors (Lipinski definition) is 5. The fraction of sp³-hybridized carbons (Fsp3) is 0.250. The largest absolute Gasteiger partial charge is 0.399 e. The predicted octanol–water partition coefficient (Wildman–Crippen LogP) is 3.52. The van der Waals surface area contributed by atoms with Crippen LogP contribution in [0, 0.1) is 5.92 Å². The van der Waals surface area contributed by atoms with Gasteiger partial charge >= 0.3 is 0 Å². The van der Waals surface area contributed by atoms with Crippen molar-refractivity contribution in [3.8, 4) is 11.1 Å². The molecule has 0 atom stereocenters. The van der Waals surface area contributed by atoms with E-state index in [9.17, 15) is 14.4 Å². The molecule has 5 heteroatoms. The molecule has 2 aromatic carbocycles. The highest BCUT2D eigenvalue weighted by atomic mass is 16.2. The van der Waals surface area contributed by atoms with Gasteiger partial charge in [-0.25, -0.2) is 0 Å². The summed E-state index contributed by atoms with van der Waals surface area (Å²) >= 11 is 0. The van der Waals surface area contributed by atoms with Crippen molar-refractivity contribution in [3.63, 3.8) is 0 Å². The number of benzene rings is 2. The third-order valence-electron chi connectivity index (χ3n) is 3.52. The Morgan fingerprint density at radius 2 is 1.36 bits per heavy atom. The summed E-state index contributed by atoms with van der Waals surface area (Å²) in [6, 6.07) is 12.8. The zero-order chi connectivity index (χ0) is 19.1. The normalized spacial score (nSPS) is 9.96. The van der Waals surface area contributed by atoms with E-state index in [-0.39, 0.29) is 23.3 Å². The van der Waals surface area contributed by atoms with Crippen molar-refractivity contribution in [1.82, 2.24) is 0 Å². The first-order valence-corrected chi connectivity index (χ1v) is 7.94. The van der Waals surface area contributed by atoms with Gasteiger partial charge in [-0.15, -0.1) is 0 Å². The Balaban J connectivity index is 0.000000333. The molecule has 0 saturated heterocycles. The average molecular weight is 340 g/mol. The molecule has 0 aliphatic carbocycles. The summed E-state index contributed by atoms with van der Waals surface area (Å²) < 4.78 is 0. The second-order valence-corrected chi connectivity index (χ2v) is 6.06. The Kier molecular flexibility index (Phi) is 7.06. The maximum atomic E-state index is 11.6. The standard InChI is InChI=1S/C14H14N2O.C6H10O2/c1-9(17)14-8-12(16)6-7-13(14)10-2-4-11(15)5-3-10;1-4(2)6(8)5(3)7/h2-8H,15-16H2,1H3;4H,1-3H3. The topological polar surface area (TPSA) is 103 Å². The highest BCUT2D eigenvalue weighted by Crippen LogP contribution is 2.26. The average Bonchev–Trinajstić information content (AvgIpc) is 2.55. The van der Waals surface area contributed by atoms with Crippen LogP contribution < -0.4 is 11.5 Å². The van der Waals surface area contributed by atoms with Gasteiger partial charge in [0, 0.05) is 29.8 Å². The third-order valence-corrected chi connectivity index (χ3v) is 3.52. The Morgan fingerprint density at radius 3 is 1.76 bits per heavy atom. The lowest BCUT2D eigenvalue weighted by atomic mass is 9.97. The Morgan fingerprint density at radius 1 is 0.840 bits per heavy atom. The highest BCUT2D eigenvalue weighted by Gasteiger charge is 2.11. The SMILES string of the molecule is CC(=O)C(=O)C(C)C.CC(=O)c1cc(N)ccc1-c1ccc(N)cc1. The van der Waals surface area contributed by atoms with Crippen LogP contribution in [-0.2, 0) is 9.59 Å². The zero-order valence-corrected chi connectivity index (χ0v) is 15.0. The summed E-state index contributed by atoms with van der Waals surface area (Å²) in [6.07, 6.45) is 0. The number of hydrogen-bond donors (Lipinski definition) is 2. The van der Waals surface area contributed by atoms with E-state index >= 15 is 0 Å². The third kappa shape index (κ3) is 5.88. The van der Waals surface area contributed by atoms with Crippen molar-refractivity contribution in [3.05, 3.63) is 48.0 Å². The summed E-state index contributed by atoms with van der Waals surface area (Å²) in [5, 5.41) is 0. The lowest BCUT2D eigenvalue weighted by Crippen LogP contribution is -2.15. The lowest BCUT2D eigenvalue weighted by molar-refractivity contribution is -0.137. The first-order chi connectivity index (χ1) is 11.6. The molecule has 4 N–H and O–H groups in total. The van der Waals surface area contributed by atoms with E-state index in [1.807, 2.05) is 30.3 Å². The van der Waals surface area contributed by atoms with Crippen molar-refractivity contribution < 1.29 is 14.4 Å². The number of carbonyl (C=O) groups excluding carboxylic acids is 3. The van der Waals surface area contributed by atoms with Crippen molar-refractivity contribution >= 4 is 28.7 Å². The number of nitrogens with two attached hydrogens (primary N) is 2. The van der Waals surface area contributed by atoms with Crippen LogP contribution in [0.4, 0.5) is 11.4 Å². The highest BCUT2D eigenvalue weighted by molar-refractivity contribution is 6.36. The van der Waals surface area contributed by atoms with Crippen LogP contribution in [0.1, 0.15) is 38.1 Å². The van der Waals surface area contributed by atoms with Gasteiger partial charge in [-0.3, -0.25) is 14.4 Å². The van der Waals surface area contributed by atoms with E-state index in [1.54, 1.807) is 26.0 Å². The Bertz CT molecular complexity index is 778. The molecule has 0 unspecified atom stereocenters. The van der Waals surface area contributed by atoms with Crippen LogP contribution in [0.3, 0.4) is 0 Å². The summed E-state index contributed by atoms with van der Waals surface area (Å²) in [5.74, 6) is -0.776. The van der Waals surface area contributed by atoms with Gasteiger partial charge in [-0.1, -0.05) is 32.0 Å². The molecule has 0 aliphatic heterocycles. The Labute approximate surface area is 148 Å². The van der Waals surface area contributed by atoms with E-state index in [4.69, 9.17) is 11.5 Å². The summed E-state index contributed by atoms with van der Waals surface area (Å²) in [6.45, 7) is 6.26. The lowest BCUT2D eigenvalue weighted by Gasteiger charge is -2.08. The molecule has 2 rings (SSSR count). The fourth-order valence-electron chi connectivity index (χ4n) is 2.17. The number of ketones is 3. The quantitative estimate of drug-likeness (QED) is 0.503. The summed E-state index contributed by atoms with van der Waals surface area (Å²) in [7, 11) is 0. The molecular weight excluding hydrogens is 316 g/mol. The number of anilines is 2. The molecule has 0 amide bonds. The monoisotopic (exact) mass is 340 g/mol. The molecule has 0 aromatic heterocycles. The number of carbonyl (C=O) groups is 3. The maximum Gasteiger partial charge on any atom is 0.200 e. The van der Waals surface area contributed by atoms with Crippen LogP contribution >= 0.6 is 0 Å². The van der Waals surface area contributed by atoms with Crippen LogP contribution in [0.5, 0.6) is 0 Å². The van der Waals surface area contributed by atoms with Gasteiger partial charge in [0.2, 0.25) is 5.78 Å². The molecule has 0 spiro atoms. The van der Waals surface area contributed by atoms with Gasteiger partial charge in [0.15, 0.2) is 11.6 Å². The van der Waals surface area contributed by atoms with Crippen molar-refractivity contribution in [1.29, 1.82) is 0 Å². The first kappa shape index (κ1) is 20.1. The molecule has 0 heterocycles. The first-order valence-electron chi connectivity index (χ1n) is 7.94. The molecule has 0 bridgehead atoms. The maximum absolute atomic E-state index is 11.6. The molecule has 5 nitrogen and oxygen atoms in total. The number of rotatable bonds is 4. The minimum absolute atomic E-state index is 0.00382. The van der Waals surface area contributed by atoms with Crippen molar-refractivity contribution in [2.24, 2.45) is 5.92 Å². The van der Waals surface area contributed by atoms with E-state index < -0.39 is 0 Å². The van der Waals surface area contributed by atoms with Crippen LogP contribution in [-0.4, -0.2) is 17.3 Å². The van der Waals surface area contributed by atoms with E-state index in [0.29, 0.717) is 16.9 Å². The van der Waals surface area contributed by atoms with Crippen LogP contribution in [0.2, 0.25) is 0 Å². The predicted molar refractivity (Wildman–Crippen MR) is 101 cm³/mol. The molecule has 132 valence electrons. The molecule has 25 heavy (non-hydrogen) atoms. The Hall–Kier alpha value is -2.95. The number of nitrogen functional groups attached to an aromatic ring is 2.